The predicted molar refractivity (Wildman–Crippen MR) is 64.8 cm³/mol. The van der Waals surface area contributed by atoms with E-state index in [-0.39, 0.29) is 18.8 Å². The predicted octanol–water partition coefficient (Wildman–Crippen LogP) is 1.28. The molecule has 1 aliphatic rings. The Morgan fingerprint density at radius 1 is 1.40 bits per heavy atom. The number of non-ortho nitro benzene ring substituents is 1. The van der Waals surface area contributed by atoms with E-state index in [0.717, 1.165) is 18.2 Å². The van der Waals surface area contributed by atoms with Crippen molar-refractivity contribution in [2.45, 2.75) is 0 Å². The number of hydrogen-bond donors (Lipinski definition) is 2. The van der Waals surface area contributed by atoms with Crippen LogP contribution in [0.4, 0.5) is 20.6 Å². The zero-order chi connectivity index (χ0) is 14.9. The van der Waals surface area contributed by atoms with Crippen LogP contribution in [0, 0.1) is 21.8 Å². The topological polar surface area (TPSA) is 113 Å². The number of halogens is 1. The van der Waals surface area contributed by atoms with Crippen LogP contribution < -0.4 is 5.32 Å². The van der Waals surface area contributed by atoms with Crippen LogP contribution in [0.3, 0.4) is 0 Å². The number of carbonyl (C=O) groups excluding carboxylic acids is 1. The van der Waals surface area contributed by atoms with Gasteiger partial charge in [0.1, 0.15) is 5.82 Å². The highest BCUT2D eigenvalue weighted by Crippen LogP contribution is 2.22. The molecule has 0 spiro atoms. The van der Waals surface area contributed by atoms with E-state index in [1.54, 1.807) is 0 Å². The van der Waals surface area contributed by atoms with E-state index in [0.29, 0.717) is 0 Å². The van der Waals surface area contributed by atoms with Gasteiger partial charge >= 0.3 is 12.0 Å². The van der Waals surface area contributed by atoms with Crippen molar-refractivity contribution in [2.24, 2.45) is 5.92 Å². The van der Waals surface area contributed by atoms with Crippen molar-refractivity contribution in [1.82, 2.24) is 4.90 Å². The van der Waals surface area contributed by atoms with Crippen LogP contribution in [0.25, 0.3) is 0 Å². The number of carbonyl (C=O) groups is 2. The van der Waals surface area contributed by atoms with Crippen molar-refractivity contribution in [1.29, 1.82) is 0 Å². The van der Waals surface area contributed by atoms with E-state index in [1.807, 2.05) is 0 Å². The molecule has 1 aromatic rings. The molecule has 20 heavy (non-hydrogen) atoms. The van der Waals surface area contributed by atoms with Crippen molar-refractivity contribution >= 4 is 23.4 Å². The van der Waals surface area contributed by atoms with Gasteiger partial charge in [-0.2, -0.15) is 0 Å². The van der Waals surface area contributed by atoms with E-state index >= 15 is 0 Å². The minimum Gasteiger partial charge on any atom is -0.481 e. The Morgan fingerprint density at radius 2 is 2.05 bits per heavy atom. The van der Waals surface area contributed by atoms with Gasteiger partial charge in [0, 0.05) is 19.2 Å². The molecular weight excluding hydrogens is 273 g/mol. The van der Waals surface area contributed by atoms with Crippen molar-refractivity contribution in [2.75, 3.05) is 18.4 Å². The maximum absolute atomic E-state index is 13.2. The van der Waals surface area contributed by atoms with Crippen LogP contribution in [0.5, 0.6) is 0 Å². The lowest BCUT2D eigenvalue weighted by Gasteiger charge is -2.36. The van der Waals surface area contributed by atoms with Gasteiger partial charge < -0.3 is 15.3 Å². The quantitative estimate of drug-likeness (QED) is 0.641. The van der Waals surface area contributed by atoms with Gasteiger partial charge in [-0.1, -0.05) is 0 Å². The lowest BCUT2D eigenvalue weighted by Crippen LogP contribution is -2.54. The largest absolute Gasteiger partial charge is 0.481 e. The molecule has 1 heterocycles. The first kappa shape index (κ1) is 13.7. The fourth-order valence-corrected chi connectivity index (χ4v) is 1.75. The summed E-state index contributed by atoms with van der Waals surface area (Å²) < 4.78 is 13.2. The number of urea groups is 1. The Balaban J connectivity index is 2.02. The highest BCUT2D eigenvalue weighted by molar-refractivity contribution is 5.91. The first-order valence-electron chi connectivity index (χ1n) is 5.60. The van der Waals surface area contributed by atoms with Gasteiger partial charge in [0.15, 0.2) is 0 Å². The number of nitro benzene ring substituents is 1. The molecule has 1 saturated heterocycles. The summed E-state index contributed by atoms with van der Waals surface area (Å²) in [5.74, 6) is -2.44. The lowest BCUT2D eigenvalue weighted by molar-refractivity contribution is -0.385. The van der Waals surface area contributed by atoms with Crippen LogP contribution in [0.1, 0.15) is 0 Å². The number of hydrogen-bond acceptors (Lipinski definition) is 4. The Morgan fingerprint density at radius 3 is 2.60 bits per heavy atom. The van der Waals surface area contributed by atoms with Crippen molar-refractivity contribution < 1.29 is 24.0 Å². The lowest BCUT2D eigenvalue weighted by atomic mass is 10.0. The molecule has 0 aliphatic carbocycles. The zero-order valence-corrected chi connectivity index (χ0v) is 10.1. The number of benzene rings is 1. The monoisotopic (exact) mass is 283 g/mol. The van der Waals surface area contributed by atoms with Gasteiger partial charge in [-0.3, -0.25) is 14.9 Å². The average Bonchev–Trinajstić information content (AvgIpc) is 2.24. The summed E-state index contributed by atoms with van der Waals surface area (Å²) in [7, 11) is 0. The highest BCUT2D eigenvalue weighted by Gasteiger charge is 2.35. The maximum atomic E-state index is 13.2. The summed E-state index contributed by atoms with van der Waals surface area (Å²) in [6.07, 6.45) is 0. The molecule has 2 amide bonds. The fourth-order valence-electron chi connectivity index (χ4n) is 1.75. The molecule has 1 fully saturated rings. The van der Waals surface area contributed by atoms with Crippen LogP contribution in [-0.2, 0) is 4.79 Å². The summed E-state index contributed by atoms with van der Waals surface area (Å²) in [5.41, 5.74) is -0.534. The molecule has 9 heteroatoms. The van der Waals surface area contributed by atoms with Gasteiger partial charge in [0.2, 0.25) is 0 Å². The van der Waals surface area contributed by atoms with E-state index < -0.39 is 34.3 Å². The molecule has 2 N–H and O–H groups in total. The van der Waals surface area contributed by atoms with Crippen molar-refractivity contribution in [3.63, 3.8) is 0 Å². The number of rotatable bonds is 3. The van der Waals surface area contributed by atoms with Gasteiger partial charge in [-0.05, 0) is 6.07 Å². The minimum absolute atomic E-state index is 0.0541. The molecule has 0 radical (unpaired) electrons. The van der Waals surface area contributed by atoms with E-state index in [4.69, 9.17) is 5.11 Å². The van der Waals surface area contributed by atoms with Gasteiger partial charge in [-0.25, -0.2) is 9.18 Å². The Bertz CT molecular complexity index is 585. The number of likely N-dealkylation sites (tertiary alicyclic amines) is 1. The van der Waals surface area contributed by atoms with Crippen LogP contribution in [0.15, 0.2) is 18.2 Å². The molecule has 1 aliphatic heterocycles. The zero-order valence-electron chi connectivity index (χ0n) is 10.1. The number of nitrogens with one attached hydrogen (secondary N) is 1. The van der Waals surface area contributed by atoms with Crippen LogP contribution in [0.2, 0.25) is 0 Å². The SMILES string of the molecule is O=C(O)C1CN(C(=O)Nc2cc(F)cc([N+](=O)[O-])c2)C1. The average molecular weight is 283 g/mol. The number of anilines is 1. The molecule has 8 nitrogen and oxygen atoms in total. The van der Waals surface area contributed by atoms with Crippen molar-refractivity contribution in [3.8, 4) is 0 Å². The Labute approximate surface area is 111 Å². The van der Waals surface area contributed by atoms with E-state index in [1.165, 1.54) is 4.90 Å². The third-order valence-electron chi connectivity index (χ3n) is 2.86. The minimum atomic E-state index is -0.990. The smallest absolute Gasteiger partial charge is 0.321 e. The third kappa shape index (κ3) is 2.82. The van der Waals surface area contributed by atoms with E-state index in [2.05, 4.69) is 5.32 Å². The standard InChI is InChI=1S/C11H10FN3O5/c12-7-1-8(3-9(2-7)15(19)20)13-11(18)14-4-6(5-14)10(16)17/h1-3,6H,4-5H2,(H,13,18)(H,16,17). The van der Waals surface area contributed by atoms with Crippen LogP contribution >= 0.6 is 0 Å². The summed E-state index contributed by atoms with van der Waals surface area (Å²) >= 11 is 0. The second-order valence-corrected chi connectivity index (χ2v) is 4.33. The first-order chi connectivity index (χ1) is 9.36. The molecule has 2 rings (SSSR count). The van der Waals surface area contributed by atoms with Gasteiger partial charge in [0.25, 0.3) is 5.69 Å². The molecule has 0 bridgehead atoms. The highest BCUT2D eigenvalue weighted by atomic mass is 19.1. The summed E-state index contributed by atoms with van der Waals surface area (Å²) in [4.78, 5) is 33.3. The second kappa shape index (κ2) is 5.11. The summed E-state index contributed by atoms with van der Waals surface area (Å²) in [5, 5.41) is 21.5. The maximum Gasteiger partial charge on any atom is 0.321 e. The Hall–Kier alpha value is -2.71. The molecule has 0 unspecified atom stereocenters. The van der Waals surface area contributed by atoms with Crippen molar-refractivity contribution in [3.05, 3.63) is 34.1 Å². The number of amides is 2. The second-order valence-electron chi connectivity index (χ2n) is 4.33. The van der Waals surface area contributed by atoms with Gasteiger partial charge in [-0.15, -0.1) is 0 Å². The number of aliphatic carboxylic acids is 1. The molecule has 1 aromatic carbocycles. The number of nitrogens with zero attached hydrogens (tertiary/aromatic N) is 2. The fraction of sp³-hybridized carbons (Fsp3) is 0.273. The number of nitro groups is 1. The van der Waals surface area contributed by atoms with Crippen LogP contribution in [-0.4, -0.2) is 40.0 Å². The molecule has 0 aromatic heterocycles. The molecule has 0 saturated carbocycles. The van der Waals surface area contributed by atoms with Gasteiger partial charge in [0.05, 0.1) is 22.6 Å². The molecular formula is C11H10FN3O5. The Kier molecular flexibility index (Phi) is 3.51. The first-order valence-corrected chi connectivity index (χ1v) is 5.60. The summed E-state index contributed by atoms with van der Waals surface area (Å²) in [6, 6.07) is 2.08. The summed E-state index contributed by atoms with van der Waals surface area (Å²) in [6.45, 7) is 0.108. The number of carboxylic acid groups (broad SMARTS) is 1. The van der Waals surface area contributed by atoms with E-state index in [9.17, 15) is 24.1 Å². The molecule has 106 valence electrons. The molecule has 0 atom stereocenters. The third-order valence-corrected chi connectivity index (χ3v) is 2.86. The number of carboxylic acids is 1. The normalized spacial score (nSPS) is 14.6.